The third kappa shape index (κ3) is 5.97. The minimum absolute atomic E-state index is 0. The van der Waals surface area contributed by atoms with Crippen LogP contribution in [0.5, 0.6) is 0 Å². The van der Waals surface area contributed by atoms with Gasteiger partial charge in [0.15, 0.2) is 0 Å². The van der Waals surface area contributed by atoms with E-state index in [1.807, 2.05) is 0 Å². The Morgan fingerprint density at radius 2 is 1.14 bits per heavy atom. The highest BCUT2D eigenvalue weighted by Crippen LogP contribution is 2.42. The quantitative estimate of drug-likeness (QED) is 0.478. The molecule has 2 aliphatic carbocycles. The van der Waals surface area contributed by atoms with E-state index in [-0.39, 0.29) is 7.43 Å². The zero-order valence-corrected chi connectivity index (χ0v) is 18.0. The van der Waals surface area contributed by atoms with E-state index >= 15 is 0 Å². The van der Waals surface area contributed by atoms with Crippen LogP contribution in [0.4, 0.5) is 0 Å². The third-order valence-electron chi connectivity index (χ3n) is 7.80. The molecule has 2 saturated carbocycles. The van der Waals surface area contributed by atoms with Crippen LogP contribution in [0.15, 0.2) is 48.5 Å². The largest absolute Gasteiger partial charge is 0.0776 e. The average Bonchev–Trinajstić information content (AvgIpc) is 2.74. The molecule has 158 valence electrons. The molecule has 0 nitrogen and oxygen atoms in total. The van der Waals surface area contributed by atoms with Crippen LogP contribution in [0.1, 0.15) is 83.3 Å². The van der Waals surface area contributed by atoms with Gasteiger partial charge in [0, 0.05) is 0 Å². The molecule has 0 bridgehead atoms. The highest BCUT2D eigenvalue weighted by atomic mass is 14.3. The van der Waals surface area contributed by atoms with Gasteiger partial charge in [-0.05, 0) is 85.8 Å². The maximum Gasteiger partial charge on any atom is -0.0184 e. The second kappa shape index (κ2) is 10.5. The first-order chi connectivity index (χ1) is 13.7. The van der Waals surface area contributed by atoms with Gasteiger partial charge in [-0.1, -0.05) is 94.1 Å². The van der Waals surface area contributed by atoms with E-state index in [9.17, 15) is 0 Å². The first kappa shape index (κ1) is 22.1. The Morgan fingerprint density at radius 1 is 0.655 bits per heavy atom. The van der Waals surface area contributed by atoms with Gasteiger partial charge in [0.25, 0.3) is 0 Å². The number of hydrogen-bond donors (Lipinski definition) is 0. The molecular weight excluding hydrogens is 348 g/mol. The first-order valence-corrected chi connectivity index (χ1v) is 11.8. The molecule has 0 saturated heterocycles. The first-order valence-electron chi connectivity index (χ1n) is 11.8. The van der Waals surface area contributed by atoms with Crippen LogP contribution in [0, 0.1) is 30.6 Å². The van der Waals surface area contributed by atoms with E-state index in [1.165, 1.54) is 86.5 Å². The van der Waals surface area contributed by atoms with Gasteiger partial charge in [0.1, 0.15) is 0 Å². The fourth-order valence-corrected chi connectivity index (χ4v) is 5.69. The lowest BCUT2D eigenvalue weighted by atomic mass is 9.69. The monoisotopic (exact) mass is 390 g/mol. The Labute approximate surface area is 180 Å². The molecule has 0 aliphatic heterocycles. The number of benzene rings is 2. The second-order valence-corrected chi connectivity index (χ2v) is 9.90. The molecule has 4 rings (SSSR count). The molecule has 0 aromatic heterocycles. The average molecular weight is 391 g/mol. The summed E-state index contributed by atoms with van der Waals surface area (Å²) in [6.45, 7) is 4.59. The lowest BCUT2D eigenvalue weighted by molar-refractivity contribution is 0.148. The summed E-state index contributed by atoms with van der Waals surface area (Å²) in [6, 6.07) is 18.2. The standard InChI is InChI=1S/C28H38.CH4/c1-21-3-13-25(14-4-21)27-17-9-23(10-18-27)7-8-24-11-19-28(20-12-24)26-15-5-22(2)6-16-26;/h3-4,9-10,13-14,17-18,22,24,26,28H,5-8,11-12,15-16,19-20H2,1-2H3;1H4. The molecule has 0 heterocycles. The van der Waals surface area contributed by atoms with Crippen molar-refractivity contribution in [3.05, 3.63) is 59.7 Å². The van der Waals surface area contributed by atoms with Crippen LogP contribution in [0.25, 0.3) is 11.1 Å². The highest BCUT2D eigenvalue weighted by molar-refractivity contribution is 5.63. The summed E-state index contributed by atoms with van der Waals surface area (Å²) >= 11 is 0. The molecule has 0 unspecified atom stereocenters. The molecule has 2 aromatic rings. The summed E-state index contributed by atoms with van der Waals surface area (Å²) in [5.74, 6) is 4.07. The maximum absolute atomic E-state index is 2.44. The predicted octanol–water partition coefficient (Wildman–Crippen LogP) is 8.86. The molecule has 2 fully saturated rings. The summed E-state index contributed by atoms with van der Waals surface area (Å²) < 4.78 is 0. The lowest BCUT2D eigenvalue weighted by Crippen LogP contribution is -2.25. The topological polar surface area (TPSA) is 0 Å². The van der Waals surface area contributed by atoms with Crippen LogP contribution in [-0.2, 0) is 6.42 Å². The van der Waals surface area contributed by atoms with Crippen LogP contribution in [-0.4, -0.2) is 0 Å². The molecule has 29 heavy (non-hydrogen) atoms. The van der Waals surface area contributed by atoms with Gasteiger partial charge in [-0.3, -0.25) is 0 Å². The van der Waals surface area contributed by atoms with Gasteiger partial charge in [0.2, 0.25) is 0 Å². The number of aryl methyl sites for hydroxylation is 2. The third-order valence-corrected chi connectivity index (χ3v) is 7.80. The van der Waals surface area contributed by atoms with Gasteiger partial charge in [0.05, 0.1) is 0 Å². The highest BCUT2D eigenvalue weighted by Gasteiger charge is 2.29. The summed E-state index contributed by atoms with van der Waals surface area (Å²) in [5, 5.41) is 0. The van der Waals surface area contributed by atoms with E-state index in [0.717, 1.165) is 23.7 Å². The fraction of sp³-hybridized carbons (Fsp3) is 0.586. The zero-order valence-electron chi connectivity index (χ0n) is 18.0. The van der Waals surface area contributed by atoms with Crippen molar-refractivity contribution in [3.8, 4) is 11.1 Å². The predicted molar refractivity (Wildman–Crippen MR) is 128 cm³/mol. The Kier molecular flexibility index (Phi) is 7.99. The zero-order chi connectivity index (χ0) is 19.3. The van der Waals surface area contributed by atoms with Crippen molar-refractivity contribution < 1.29 is 0 Å². The Hall–Kier alpha value is -1.56. The Balaban J connectivity index is 0.00000240. The summed E-state index contributed by atoms with van der Waals surface area (Å²) in [7, 11) is 0. The molecule has 0 N–H and O–H groups in total. The van der Waals surface area contributed by atoms with Crippen LogP contribution < -0.4 is 0 Å². The second-order valence-electron chi connectivity index (χ2n) is 9.90. The minimum atomic E-state index is 0. The van der Waals surface area contributed by atoms with Gasteiger partial charge < -0.3 is 0 Å². The molecule has 2 aromatic carbocycles. The van der Waals surface area contributed by atoms with E-state index in [1.54, 1.807) is 0 Å². The van der Waals surface area contributed by atoms with Gasteiger partial charge in [-0.2, -0.15) is 0 Å². The van der Waals surface area contributed by atoms with Gasteiger partial charge in [-0.25, -0.2) is 0 Å². The molecule has 0 spiro atoms. The minimum Gasteiger partial charge on any atom is -0.0776 e. The summed E-state index contributed by atoms with van der Waals surface area (Å²) in [6.07, 6.45) is 14.6. The van der Waals surface area contributed by atoms with Crippen molar-refractivity contribution in [1.29, 1.82) is 0 Å². The summed E-state index contributed by atoms with van der Waals surface area (Å²) in [4.78, 5) is 0. The SMILES string of the molecule is C.Cc1ccc(-c2ccc(CCC3CCC(C4CCC(C)CC4)CC3)cc2)cc1. The van der Waals surface area contributed by atoms with E-state index in [2.05, 4.69) is 62.4 Å². The van der Waals surface area contributed by atoms with E-state index < -0.39 is 0 Å². The molecule has 0 amide bonds. The molecule has 0 heteroatoms. The maximum atomic E-state index is 2.44. The van der Waals surface area contributed by atoms with Crippen molar-refractivity contribution in [2.24, 2.45) is 23.7 Å². The van der Waals surface area contributed by atoms with Crippen molar-refractivity contribution in [3.63, 3.8) is 0 Å². The van der Waals surface area contributed by atoms with Crippen LogP contribution in [0.2, 0.25) is 0 Å². The van der Waals surface area contributed by atoms with Crippen molar-refractivity contribution >= 4 is 0 Å². The van der Waals surface area contributed by atoms with Gasteiger partial charge in [-0.15, -0.1) is 0 Å². The number of rotatable bonds is 5. The summed E-state index contributed by atoms with van der Waals surface area (Å²) in [5.41, 5.74) is 5.51. The van der Waals surface area contributed by atoms with Crippen molar-refractivity contribution in [2.45, 2.75) is 85.5 Å². The van der Waals surface area contributed by atoms with Crippen LogP contribution in [0.3, 0.4) is 0 Å². The van der Waals surface area contributed by atoms with Gasteiger partial charge >= 0.3 is 0 Å². The Bertz CT molecular complexity index is 708. The molecule has 0 atom stereocenters. The molecular formula is C29H42. The molecule has 0 radical (unpaired) electrons. The lowest BCUT2D eigenvalue weighted by Gasteiger charge is -2.37. The molecule has 2 aliphatic rings. The smallest absolute Gasteiger partial charge is 0.0184 e. The van der Waals surface area contributed by atoms with Crippen molar-refractivity contribution in [2.75, 3.05) is 0 Å². The Morgan fingerprint density at radius 3 is 1.69 bits per heavy atom. The van der Waals surface area contributed by atoms with Crippen molar-refractivity contribution in [1.82, 2.24) is 0 Å². The normalized spacial score (nSPS) is 27.2. The fourth-order valence-electron chi connectivity index (χ4n) is 5.69. The number of hydrogen-bond acceptors (Lipinski definition) is 0. The van der Waals surface area contributed by atoms with Crippen LogP contribution >= 0.6 is 0 Å². The van der Waals surface area contributed by atoms with E-state index in [4.69, 9.17) is 0 Å². The van der Waals surface area contributed by atoms with E-state index in [0.29, 0.717) is 0 Å².